The van der Waals surface area contributed by atoms with Crippen LogP contribution in [-0.4, -0.2) is 15.6 Å². The maximum absolute atomic E-state index is 12.4. The minimum Gasteiger partial charge on any atom is -0.299 e. The fraction of sp³-hybridized carbons (Fsp3) is 0.286. The molecule has 1 aromatic heterocycles. The highest BCUT2D eigenvalue weighted by atomic mass is 19.4. The Morgan fingerprint density at radius 1 is 1.15 bits per heavy atom. The van der Waals surface area contributed by atoms with Gasteiger partial charge in [-0.15, -0.1) is 0 Å². The summed E-state index contributed by atoms with van der Waals surface area (Å²) in [6.45, 7) is 0. The Morgan fingerprint density at radius 2 is 1.75 bits per heavy atom. The third kappa shape index (κ3) is 3.69. The van der Waals surface area contributed by atoms with Gasteiger partial charge < -0.3 is 0 Å². The maximum Gasteiger partial charge on any atom is 0.416 e. The van der Waals surface area contributed by atoms with Crippen molar-refractivity contribution in [3.63, 3.8) is 0 Å². The summed E-state index contributed by atoms with van der Waals surface area (Å²) in [5, 5.41) is 3.95. The van der Waals surface area contributed by atoms with Crippen LogP contribution in [0, 0.1) is 0 Å². The van der Waals surface area contributed by atoms with Crippen molar-refractivity contribution >= 4 is 5.78 Å². The Labute approximate surface area is 114 Å². The number of benzene rings is 1. The maximum atomic E-state index is 12.4. The molecule has 0 aliphatic heterocycles. The van der Waals surface area contributed by atoms with Crippen molar-refractivity contribution in [3.8, 4) is 0 Å². The topological polar surface area (TPSA) is 34.9 Å². The Morgan fingerprint density at radius 3 is 2.25 bits per heavy atom. The summed E-state index contributed by atoms with van der Waals surface area (Å²) < 4.78 is 38.8. The standard InChI is InChI=1S/C14H13F3N2O/c1-19-9-11(8-18-19)7-13(20)6-10-2-4-12(5-3-10)14(15,16)17/h2-5,8-9H,6-7H2,1H3. The molecule has 0 saturated heterocycles. The molecule has 1 aromatic carbocycles. The van der Waals surface area contributed by atoms with Crippen molar-refractivity contribution in [2.75, 3.05) is 0 Å². The molecule has 0 atom stereocenters. The van der Waals surface area contributed by atoms with Gasteiger partial charge in [0.1, 0.15) is 5.78 Å². The quantitative estimate of drug-likeness (QED) is 0.864. The Hall–Kier alpha value is -2.11. The van der Waals surface area contributed by atoms with E-state index in [1.807, 2.05) is 0 Å². The molecule has 0 radical (unpaired) electrons. The van der Waals surface area contributed by atoms with Crippen molar-refractivity contribution in [2.45, 2.75) is 19.0 Å². The van der Waals surface area contributed by atoms with Crippen LogP contribution in [0.4, 0.5) is 13.2 Å². The molecule has 2 aromatic rings. The van der Waals surface area contributed by atoms with Crippen molar-refractivity contribution in [3.05, 3.63) is 53.3 Å². The number of aryl methyl sites for hydroxylation is 1. The number of hydrogen-bond acceptors (Lipinski definition) is 2. The van der Waals surface area contributed by atoms with Gasteiger partial charge in [0.2, 0.25) is 0 Å². The molecule has 1 heterocycles. The van der Waals surface area contributed by atoms with Gasteiger partial charge in [-0.2, -0.15) is 18.3 Å². The van der Waals surface area contributed by atoms with Crippen LogP contribution in [-0.2, 0) is 30.9 Å². The molecule has 0 amide bonds. The first-order chi connectivity index (χ1) is 9.34. The summed E-state index contributed by atoms with van der Waals surface area (Å²) >= 11 is 0. The van der Waals surface area contributed by atoms with Gasteiger partial charge in [0.05, 0.1) is 11.8 Å². The largest absolute Gasteiger partial charge is 0.416 e. The van der Waals surface area contributed by atoms with E-state index < -0.39 is 11.7 Å². The third-order valence-electron chi connectivity index (χ3n) is 2.84. The SMILES string of the molecule is Cn1cc(CC(=O)Cc2ccc(C(F)(F)F)cc2)cn1. The van der Waals surface area contributed by atoms with Crippen LogP contribution in [0.15, 0.2) is 36.7 Å². The number of halogens is 3. The molecule has 0 unspecified atom stereocenters. The summed E-state index contributed by atoms with van der Waals surface area (Å²) in [6.07, 6.45) is -0.657. The Balaban J connectivity index is 1.98. The van der Waals surface area contributed by atoms with Crippen LogP contribution in [0.2, 0.25) is 0 Å². The smallest absolute Gasteiger partial charge is 0.299 e. The number of carbonyl (C=O) groups excluding carboxylic acids is 1. The lowest BCUT2D eigenvalue weighted by Gasteiger charge is -2.07. The first kappa shape index (κ1) is 14.3. The number of alkyl halides is 3. The van der Waals surface area contributed by atoms with Gasteiger partial charge in [0.15, 0.2) is 0 Å². The van der Waals surface area contributed by atoms with Gasteiger partial charge in [-0.1, -0.05) is 12.1 Å². The Bertz CT molecular complexity index is 600. The summed E-state index contributed by atoms with van der Waals surface area (Å²) in [4.78, 5) is 11.8. The van der Waals surface area contributed by atoms with Gasteiger partial charge >= 0.3 is 6.18 Å². The van der Waals surface area contributed by atoms with Crippen LogP contribution < -0.4 is 0 Å². The predicted octanol–water partition coefficient (Wildman–Crippen LogP) is 2.79. The molecule has 0 N–H and O–H groups in total. The highest BCUT2D eigenvalue weighted by molar-refractivity contribution is 5.82. The van der Waals surface area contributed by atoms with E-state index in [9.17, 15) is 18.0 Å². The molecule has 6 heteroatoms. The monoisotopic (exact) mass is 282 g/mol. The highest BCUT2D eigenvalue weighted by Crippen LogP contribution is 2.29. The Kier molecular flexibility index (Phi) is 3.92. The van der Waals surface area contributed by atoms with E-state index in [4.69, 9.17) is 0 Å². The number of rotatable bonds is 4. The van der Waals surface area contributed by atoms with E-state index in [2.05, 4.69) is 5.10 Å². The predicted molar refractivity (Wildman–Crippen MR) is 67.1 cm³/mol. The third-order valence-corrected chi connectivity index (χ3v) is 2.84. The summed E-state index contributed by atoms with van der Waals surface area (Å²) in [6, 6.07) is 4.66. The van der Waals surface area contributed by atoms with Crippen LogP contribution >= 0.6 is 0 Å². The average molecular weight is 282 g/mol. The average Bonchev–Trinajstić information content (AvgIpc) is 2.74. The molecule has 0 aliphatic carbocycles. The molecule has 0 aliphatic rings. The number of carbonyl (C=O) groups is 1. The van der Waals surface area contributed by atoms with Crippen molar-refractivity contribution in [2.24, 2.45) is 7.05 Å². The molecule has 0 fully saturated rings. The van der Waals surface area contributed by atoms with E-state index in [1.54, 1.807) is 24.1 Å². The lowest BCUT2D eigenvalue weighted by atomic mass is 10.0. The minimum atomic E-state index is -4.35. The van der Waals surface area contributed by atoms with Gasteiger partial charge in [-0.05, 0) is 23.3 Å². The van der Waals surface area contributed by atoms with Crippen LogP contribution in [0.5, 0.6) is 0 Å². The summed E-state index contributed by atoms with van der Waals surface area (Å²) in [7, 11) is 1.75. The highest BCUT2D eigenvalue weighted by Gasteiger charge is 2.29. The molecule has 0 spiro atoms. The second-order valence-electron chi connectivity index (χ2n) is 4.61. The van der Waals surface area contributed by atoms with Crippen LogP contribution in [0.3, 0.4) is 0 Å². The summed E-state index contributed by atoms with van der Waals surface area (Å²) in [5.74, 6) is -0.0576. The van der Waals surface area contributed by atoms with Crippen LogP contribution in [0.1, 0.15) is 16.7 Å². The van der Waals surface area contributed by atoms with Crippen molar-refractivity contribution < 1.29 is 18.0 Å². The first-order valence-corrected chi connectivity index (χ1v) is 6.00. The zero-order valence-electron chi connectivity index (χ0n) is 10.8. The molecule has 0 bridgehead atoms. The number of nitrogens with zero attached hydrogens (tertiary/aromatic N) is 2. The van der Waals surface area contributed by atoms with Crippen LogP contribution in [0.25, 0.3) is 0 Å². The fourth-order valence-electron chi connectivity index (χ4n) is 1.89. The van der Waals surface area contributed by atoms with Crippen molar-refractivity contribution in [1.82, 2.24) is 9.78 Å². The lowest BCUT2D eigenvalue weighted by Crippen LogP contribution is -2.08. The number of ketones is 1. The number of aromatic nitrogens is 2. The fourth-order valence-corrected chi connectivity index (χ4v) is 1.89. The zero-order valence-corrected chi connectivity index (χ0v) is 10.8. The lowest BCUT2D eigenvalue weighted by molar-refractivity contribution is -0.137. The molecular formula is C14H13F3N2O. The second-order valence-corrected chi connectivity index (χ2v) is 4.61. The molecule has 106 valence electrons. The molecule has 0 saturated carbocycles. The van der Waals surface area contributed by atoms with E-state index in [1.165, 1.54) is 12.1 Å². The van der Waals surface area contributed by atoms with E-state index >= 15 is 0 Å². The van der Waals surface area contributed by atoms with Gasteiger partial charge in [-0.25, -0.2) is 0 Å². The van der Waals surface area contributed by atoms with Gasteiger partial charge in [-0.3, -0.25) is 9.48 Å². The molecule has 20 heavy (non-hydrogen) atoms. The van der Waals surface area contributed by atoms with Gasteiger partial charge in [0.25, 0.3) is 0 Å². The minimum absolute atomic E-state index is 0.0576. The van der Waals surface area contributed by atoms with Crippen molar-refractivity contribution in [1.29, 1.82) is 0 Å². The van der Waals surface area contributed by atoms with E-state index in [0.29, 0.717) is 5.56 Å². The van der Waals surface area contributed by atoms with E-state index in [-0.39, 0.29) is 18.6 Å². The number of Topliss-reactive ketones (excluding diaryl/α,β-unsaturated/α-hetero) is 1. The second kappa shape index (κ2) is 5.48. The van der Waals surface area contributed by atoms with Gasteiger partial charge in [0, 0.05) is 26.1 Å². The first-order valence-electron chi connectivity index (χ1n) is 6.00. The normalized spacial score (nSPS) is 11.6. The summed E-state index contributed by atoms with van der Waals surface area (Å²) in [5.41, 5.74) is 0.664. The zero-order chi connectivity index (χ0) is 14.8. The van der Waals surface area contributed by atoms with E-state index in [0.717, 1.165) is 17.7 Å². The number of hydrogen-bond donors (Lipinski definition) is 0. The molecule has 2 rings (SSSR count). The molecular weight excluding hydrogens is 269 g/mol. The molecule has 3 nitrogen and oxygen atoms in total.